The van der Waals surface area contributed by atoms with Gasteiger partial charge in [0.1, 0.15) is 6.04 Å². The number of piperidine rings is 1. The van der Waals surface area contributed by atoms with Gasteiger partial charge in [-0.05, 0) is 43.6 Å². The zero-order valence-corrected chi connectivity index (χ0v) is 16.5. The van der Waals surface area contributed by atoms with Crippen LogP contribution in [0.25, 0.3) is 0 Å². The van der Waals surface area contributed by atoms with Gasteiger partial charge < -0.3 is 10.0 Å². The molecule has 148 valence electrons. The van der Waals surface area contributed by atoms with Crippen LogP contribution in [0.4, 0.5) is 0 Å². The van der Waals surface area contributed by atoms with Gasteiger partial charge in [0.05, 0.1) is 5.41 Å². The number of hydrogen-bond acceptors (Lipinski definition) is 3. The lowest BCUT2D eigenvalue weighted by Gasteiger charge is -2.35. The monoisotopic (exact) mass is 392 g/mol. The number of hydrogen-bond donors (Lipinski definition) is 1. The Morgan fingerprint density at radius 2 is 1.78 bits per heavy atom. The third-order valence-electron chi connectivity index (χ3n) is 6.71. The largest absolute Gasteiger partial charge is 0.481 e. The van der Waals surface area contributed by atoms with Crippen molar-refractivity contribution in [2.24, 2.45) is 11.3 Å². The summed E-state index contributed by atoms with van der Waals surface area (Å²) in [4.78, 5) is 29.6. The van der Waals surface area contributed by atoms with E-state index in [2.05, 4.69) is 4.90 Å². The van der Waals surface area contributed by atoms with Crippen molar-refractivity contribution in [2.75, 3.05) is 26.2 Å². The van der Waals surface area contributed by atoms with Gasteiger partial charge in [-0.15, -0.1) is 12.4 Å². The Labute approximate surface area is 167 Å². The average molecular weight is 393 g/mol. The van der Waals surface area contributed by atoms with Crippen LogP contribution in [0.5, 0.6) is 0 Å². The highest BCUT2D eigenvalue weighted by Crippen LogP contribution is 2.50. The first-order valence-electron chi connectivity index (χ1n) is 9.93. The quantitative estimate of drug-likeness (QED) is 0.853. The van der Waals surface area contributed by atoms with Gasteiger partial charge in [-0.3, -0.25) is 14.5 Å². The van der Waals surface area contributed by atoms with E-state index in [0.29, 0.717) is 13.1 Å². The van der Waals surface area contributed by atoms with Crippen LogP contribution in [0.2, 0.25) is 0 Å². The number of nitrogens with zero attached hydrogens (tertiary/aromatic N) is 2. The van der Waals surface area contributed by atoms with Crippen LogP contribution in [0.3, 0.4) is 0 Å². The number of carbonyl (C=O) groups excluding carboxylic acids is 1. The fourth-order valence-electron chi connectivity index (χ4n) is 5.31. The molecule has 3 aliphatic rings. The minimum absolute atomic E-state index is 0. The van der Waals surface area contributed by atoms with Gasteiger partial charge in [0.25, 0.3) is 0 Å². The average Bonchev–Trinajstić information content (AvgIpc) is 3.22. The number of amides is 1. The highest BCUT2D eigenvalue weighted by Gasteiger charge is 2.56. The number of likely N-dealkylation sites (tertiary alicyclic amines) is 2. The highest BCUT2D eigenvalue weighted by atomic mass is 35.5. The van der Waals surface area contributed by atoms with Crippen LogP contribution in [-0.4, -0.2) is 53.0 Å². The normalized spacial score (nSPS) is 29.0. The second kappa shape index (κ2) is 8.19. The van der Waals surface area contributed by atoms with Gasteiger partial charge in [-0.25, -0.2) is 0 Å². The van der Waals surface area contributed by atoms with Crippen LogP contribution in [-0.2, 0) is 9.59 Å². The predicted octanol–water partition coefficient (Wildman–Crippen LogP) is 3.35. The van der Waals surface area contributed by atoms with E-state index in [1.807, 2.05) is 35.2 Å². The van der Waals surface area contributed by atoms with Crippen molar-refractivity contribution in [3.63, 3.8) is 0 Å². The molecule has 2 heterocycles. The molecule has 27 heavy (non-hydrogen) atoms. The van der Waals surface area contributed by atoms with Crippen molar-refractivity contribution in [3.8, 4) is 0 Å². The molecule has 2 saturated heterocycles. The van der Waals surface area contributed by atoms with Crippen molar-refractivity contribution in [1.82, 2.24) is 9.80 Å². The summed E-state index contributed by atoms with van der Waals surface area (Å²) in [6.07, 6.45) is 6.00. The van der Waals surface area contributed by atoms with Crippen molar-refractivity contribution < 1.29 is 14.7 Å². The minimum Gasteiger partial charge on any atom is -0.481 e. The predicted molar refractivity (Wildman–Crippen MR) is 106 cm³/mol. The summed E-state index contributed by atoms with van der Waals surface area (Å²) < 4.78 is 0. The third kappa shape index (κ3) is 3.59. The van der Waals surface area contributed by atoms with Gasteiger partial charge in [0, 0.05) is 26.2 Å². The van der Waals surface area contributed by atoms with E-state index in [1.165, 1.54) is 6.42 Å². The molecule has 1 unspecified atom stereocenters. The zero-order chi connectivity index (χ0) is 18.1. The van der Waals surface area contributed by atoms with Gasteiger partial charge in [0.2, 0.25) is 5.91 Å². The fraction of sp³-hybridized carbons (Fsp3) is 0.619. The van der Waals surface area contributed by atoms with Crippen molar-refractivity contribution in [1.29, 1.82) is 0 Å². The SMILES string of the molecule is Cl.O=C(C(c1ccccc1)N1C[C@@H]2CCC[C@@]2(C(=O)O)C1)N1CCCCC1. The van der Waals surface area contributed by atoms with Gasteiger partial charge >= 0.3 is 5.97 Å². The summed E-state index contributed by atoms with van der Waals surface area (Å²) in [6, 6.07) is 9.56. The lowest BCUT2D eigenvalue weighted by Crippen LogP contribution is -2.45. The number of carboxylic acids is 1. The molecule has 1 aromatic carbocycles. The van der Waals surface area contributed by atoms with Gasteiger partial charge in [-0.2, -0.15) is 0 Å². The third-order valence-corrected chi connectivity index (χ3v) is 6.71. The van der Waals surface area contributed by atoms with Gasteiger partial charge in [-0.1, -0.05) is 36.8 Å². The Balaban J connectivity index is 0.00000210. The van der Waals surface area contributed by atoms with Crippen LogP contribution < -0.4 is 0 Å². The molecular formula is C21H29ClN2O3. The molecule has 3 fully saturated rings. The highest BCUT2D eigenvalue weighted by molar-refractivity contribution is 5.85. The van der Waals surface area contributed by atoms with Crippen LogP contribution >= 0.6 is 12.4 Å². The molecule has 0 spiro atoms. The van der Waals surface area contributed by atoms with E-state index >= 15 is 0 Å². The Kier molecular flexibility index (Phi) is 6.11. The molecule has 6 heteroatoms. The van der Waals surface area contributed by atoms with E-state index in [4.69, 9.17) is 0 Å². The number of carbonyl (C=O) groups is 2. The Morgan fingerprint density at radius 1 is 1.07 bits per heavy atom. The maximum Gasteiger partial charge on any atom is 0.311 e. The topological polar surface area (TPSA) is 60.9 Å². The smallest absolute Gasteiger partial charge is 0.311 e. The summed E-state index contributed by atoms with van der Waals surface area (Å²) >= 11 is 0. The molecule has 2 aliphatic heterocycles. The summed E-state index contributed by atoms with van der Waals surface area (Å²) in [5.41, 5.74) is 0.332. The molecule has 1 amide bonds. The second-order valence-electron chi connectivity index (χ2n) is 8.18. The molecule has 0 aromatic heterocycles. The van der Waals surface area contributed by atoms with Crippen molar-refractivity contribution >= 4 is 24.3 Å². The minimum atomic E-state index is -0.681. The number of rotatable bonds is 4. The number of benzene rings is 1. The molecular weight excluding hydrogens is 364 g/mol. The van der Waals surface area contributed by atoms with Crippen LogP contribution in [0.1, 0.15) is 50.1 Å². The number of halogens is 1. The molecule has 1 aliphatic carbocycles. The summed E-state index contributed by atoms with van der Waals surface area (Å²) in [5, 5.41) is 9.91. The lowest BCUT2D eigenvalue weighted by atomic mass is 9.81. The lowest BCUT2D eigenvalue weighted by molar-refractivity contribution is -0.150. The van der Waals surface area contributed by atoms with E-state index in [9.17, 15) is 14.7 Å². The number of aliphatic carboxylic acids is 1. The second-order valence-corrected chi connectivity index (χ2v) is 8.18. The van der Waals surface area contributed by atoms with E-state index in [-0.39, 0.29) is 30.3 Å². The Bertz CT molecular complexity index is 677. The summed E-state index contributed by atoms with van der Waals surface area (Å²) in [7, 11) is 0. The number of fused-ring (bicyclic) bond motifs is 1. The summed E-state index contributed by atoms with van der Waals surface area (Å²) in [6.45, 7) is 2.85. The molecule has 3 atom stereocenters. The van der Waals surface area contributed by atoms with Gasteiger partial charge in [0.15, 0.2) is 0 Å². The maximum absolute atomic E-state index is 13.4. The van der Waals surface area contributed by atoms with E-state index < -0.39 is 11.4 Å². The zero-order valence-electron chi connectivity index (χ0n) is 15.7. The number of carboxylic acid groups (broad SMARTS) is 1. The first kappa shape index (κ1) is 20.2. The maximum atomic E-state index is 13.4. The van der Waals surface area contributed by atoms with Crippen molar-refractivity contribution in [2.45, 2.75) is 44.6 Å². The van der Waals surface area contributed by atoms with Crippen LogP contribution in [0, 0.1) is 11.3 Å². The molecule has 1 saturated carbocycles. The first-order valence-corrected chi connectivity index (χ1v) is 9.93. The van der Waals surface area contributed by atoms with E-state index in [1.54, 1.807) is 0 Å². The Hall–Kier alpha value is -1.59. The molecule has 5 nitrogen and oxygen atoms in total. The van der Waals surface area contributed by atoms with E-state index in [0.717, 1.165) is 50.8 Å². The van der Waals surface area contributed by atoms with Crippen LogP contribution in [0.15, 0.2) is 30.3 Å². The first-order chi connectivity index (χ1) is 12.6. The molecule has 0 bridgehead atoms. The Morgan fingerprint density at radius 3 is 2.41 bits per heavy atom. The summed E-state index contributed by atoms with van der Waals surface area (Å²) in [5.74, 6) is -0.364. The molecule has 1 aromatic rings. The fourth-order valence-corrected chi connectivity index (χ4v) is 5.31. The molecule has 4 rings (SSSR count). The molecule has 0 radical (unpaired) electrons. The van der Waals surface area contributed by atoms with Crippen molar-refractivity contribution in [3.05, 3.63) is 35.9 Å². The standard InChI is InChI=1S/C21H28N2O3.ClH/c24-19(22-12-5-2-6-13-22)18(16-8-3-1-4-9-16)23-14-17-10-7-11-21(17,15-23)20(25)26;/h1,3-4,8-9,17-18H,2,5-7,10-15H2,(H,25,26);1H/t17-,18?,21+;/m0./s1. The molecule has 1 N–H and O–H groups in total.